The molecule has 4 aromatic rings. The van der Waals surface area contributed by atoms with Gasteiger partial charge in [0.05, 0.1) is 18.7 Å². The van der Waals surface area contributed by atoms with E-state index in [9.17, 15) is 4.79 Å². The molecule has 5 rings (SSSR count). The van der Waals surface area contributed by atoms with E-state index in [4.69, 9.17) is 13.9 Å². The molecule has 4 heterocycles. The molecule has 8 heteroatoms. The van der Waals surface area contributed by atoms with E-state index in [1.165, 1.54) is 11.3 Å². The van der Waals surface area contributed by atoms with Gasteiger partial charge < -0.3 is 18.8 Å². The average Bonchev–Trinajstić information content (AvgIpc) is 3.54. The second kappa shape index (κ2) is 8.56. The zero-order chi connectivity index (χ0) is 21.2. The first kappa shape index (κ1) is 19.8. The summed E-state index contributed by atoms with van der Waals surface area (Å²) in [5.41, 5.74) is 1.51. The molecule has 0 radical (unpaired) electrons. The fraction of sp³-hybridized carbons (Fsp3) is 0.217. The number of ether oxygens (including phenoxy) is 2. The Morgan fingerprint density at radius 2 is 1.97 bits per heavy atom. The number of hydrogen-bond donors (Lipinski definition) is 0. The molecule has 1 amide bonds. The summed E-state index contributed by atoms with van der Waals surface area (Å²) in [6, 6.07) is 13.5. The molecular formula is C23H20N2O4S2. The van der Waals surface area contributed by atoms with Crippen molar-refractivity contribution in [2.24, 2.45) is 0 Å². The molecule has 6 nitrogen and oxygen atoms in total. The van der Waals surface area contributed by atoms with Crippen LogP contribution in [0.3, 0.4) is 0 Å². The molecule has 0 saturated carbocycles. The van der Waals surface area contributed by atoms with Crippen molar-refractivity contribution in [2.45, 2.75) is 19.9 Å². The third kappa shape index (κ3) is 4.35. The summed E-state index contributed by atoms with van der Waals surface area (Å²) in [4.78, 5) is 20.9. The minimum absolute atomic E-state index is 0.0300. The van der Waals surface area contributed by atoms with Gasteiger partial charge in [0, 0.05) is 22.0 Å². The summed E-state index contributed by atoms with van der Waals surface area (Å²) >= 11 is 3.11. The molecule has 0 unspecified atom stereocenters. The van der Waals surface area contributed by atoms with E-state index in [1.807, 2.05) is 60.1 Å². The quantitative estimate of drug-likeness (QED) is 0.396. The molecule has 1 aliphatic rings. The number of furan rings is 1. The van der Waals surface area contributed by atoms with Crippen molar-refractivity contribution in [1.29, 1.82) is 0 Å². The van der Waals surface area contributed by atoms with Gasteiger partial charge in [0.2, 0.25) is 5.91 Å². The lowest BCUT2D eigenvalue weighted by molar-refractivity contribution is -0.118. The number of fused-ring (bicyclic) bond motifs is 1. The number of amides is 1. The highest BCUT2D eigenvalue weighted by molar-refractivity contribution is 7.13. The first-order chi connectivity index (χ1) is 15.2. The molecule has 0 bridgehead atoms. The van der Waals surface area contributed by atoms with Gasteiger partial charge in [0.15, 0.2) is 22.3 Å². The van der Waals surface area contributed by atoms with E-state index in [2.05, 4.69) is 4.98 Å². The fourth-order valence-corrected chi connectivity index (χ4v) is 4.86. The monoisotopic (exact) mass is 452 g/mol. The minimum atomic E-state index is -0.0300. The van der Waals surface area contributed by atoms with E-state index >= 15 is 0 Å². The topological polar surface area (TPSA) is 64.8 Å². The lowest BCUT2D eigenvalue weighted by Gasteiger charge is -2.25. The Morgan fingerprint density at radius 3 is 2.74 bits per heavy atom. The maximum Gasteiger partial charge on any atom is 0.233 e. The maximum absolute atomic E-state index is 13.4. The predicted molar refractivity (Wildman–Crippen MR) is 121 cm³/mol. The fourth-order valence-electron chi connectivity index (χ4n) is 3.38. The highest BCUT2D eigenvalue weighted by atomic mass is 32.1. The molecule has 158 valence electrons. The van der Waals surface area contributed by atoms with Crippen molar-refractivity contribution in [3.8, 4) is 22.3 Å². The minimum Gasteiger partial charge on any atom is -0.486 e. The number of thiazole rings is 1. The standard InChI is InChI=1S/C23H20N2O4S2/c1-15-4-6-20(29-15)23-24-16(14-31-23)11-22(26)25(13-18-3-2-10-30-18)17-5-7-19-21(12-17)28-9-8-27-19/h2-7,10,12,14H,8-9,11,13H2,1H3. The van der Waals surface area contributed by atoms with Gasteiger partial charge in [-0.05, 0) is 42.6 Å². The number of anilines is 1. The average molecular weight is 453 g/mol. The van der Waals surface area contributed by atoms with E-state index in [0.717, 1.165) is 32.8 Å². The zero-order valence-electron chi connectivity index (χ0n) is 16.9. The summed E-state index contributed by atoms with van der Waals surface area (Å²) in [5, 5.41) is 4.71. The molecule has 0 saturated heterocycles. The van der Waals surface area contributed by atoms with Crippen molar-refractivity contribution in [3.05, 3.63) is 69.6 Å². The van der Waals surface area contributed by atoms with Crippen LogP contribution < -0.4 is 14.4 Å². The van der Waals surface area contributed by atoms with Gasteiger partial charge in [0.25, 0.3) is 0 Å². The van der Waals surface area contributed by atoms with Crippen LogP contribution in [-0.2, 0) is 17.8 Å². The van der Waals surface area contributed by atoms with E-state index in [0.29, 0.717) is 31.3 Å². The SMILES string of the molecule is Cc1ccc(-c2nc(CC(=O)N(Cc3cccs3)c3ccc4c(c3)OCCO4)cs2)o1. The molecule has 0 aliphatic carbocycles. The molecule has 3 aromatic heterocycles. The molecule has 31 heavy (non-hydrogen) atoms. The predicted octanol–water partition coefficient (Wildman–Crippen LogP) is 5.32. The van der Waals surface area contributed by atoms with Crippen LogP contribution in [0.5, 0.6) is 11.5 Å². The molecule has 0 N–H and O–H groups in total. The van der Waals surface area contributed by atoms with Crippen molar-refractivity contribution >= 4 is 34.3 Å². The van der Waals surface area contributed by atoms with Gasteiger partial charge in [-0.1, -0.05) is 6.07 Å². The molecule has 1 aliphatic heterocycles. The van der Waals surface area contributed by atoms with Crippen LogP contribution in [0.15, 0.2) is 57.6 Å². The number of aromatic nitrogens is 1. The Morgan fingerprint density at radius 1 is 1.10 bits per heavy atom. The van der Waals surface area contributed by atoms with Crippen LogP contribution in [0.4, 0.5) is 5.69 Å². The lowest BCUT2D eigenvalue weighted by atomic mass is 10.2. The lowest BCUT2D eigenvalue weighted by Crippen LogP contribution is -2.31. The first-order valence-electron chi connectivity index (χ1n) is 9.89. The van der Waals surface area contributed by atoms with Crippen molar-refractivity contribution in [3.63, 3.8) is 0 Å². The largest absolute Gasteiger partial charge is 0.486 e. The normalized spacial score (nSPS) is 12.7. The third-order valence-corrected chi connectivity index (χ3v) is 6.63. The molecule has 1 aromatic carbocycles. The number of benzene rings is 1. The van der Waals surface area contributed by atoms with Gasteiger partial charge in [-0.2, -0.15) is 0 Å². The van der Waals surface area contributed by atoms with Gasteiger partial charge in [-0.15, -0.1) is 22.7 Å². The van der Waals surface area contributed by atoms with Gasteiger partial charge in [-0.25, -0.2) is 4.98 Å². The first-order valence-corrected chi connectivity index (χ1v) is 11.7. The summed E-state index contributed by atoms with van der Waals surface area (Å²) in [6.07, 6.45) is 0.204. The molecule has 0 fully saturated rings. The van der Waals surface area contributed by atoms with Crippen molar-refractivity contribution in [2.75, 3.05) is 18.1 Å². The Kier molecular flexibility index (Phi) is 5.48. The number of rotatable bonds is 6. The highest BCUT2D eigenvalue weighted by Gasteiger charge is 2.22. The zero-order valence-corrected chi connectivity index (χ0v) is 18.5. The second-order valence-corrected chi connectivity index (χ2v) is 9.01. The Balaban J connectivity index is 1.40. The Bertz CT molecular complexity index is 1200. The number of carbonyl (C=O) groups excluding carboxylic acids is 1. The molecular weight excluding hydrogens is 432 g/mol. The number of thiophene rings is 1. The van der Waals surface area contributed by atoms with E-state index in [-0.39, 0.29) is 12.3 Å². The summed E-state index contributed by atoms with van der Waals surface area (Å²) in [5.74, 6) is 2.90. The van der Waals surface area contributed by atoms with E-state index < -0.39 is 0 Å². The third-order valence-electron chi connectivity index (χ3n) is 4.87. The number of aryl methyl sites for hydroxylation is 1. The van der Waals surface area contributed by atoms with Gasteiger partial charge >= 0.3 is 0 Å². The van der Waals surface area contributed by atoms with Crippen LogP contribution in [0.1, 0.15) is 16.3 Å². The van der Waals surface area contributed by atoms with Crippen LogP contribution in [0.2, 0.25) is 0 Å². The summed E-state index contributed by atoms with van der Waals surface area (Å²) in [6.45, 7) is 3.43. The maximum atomic E-state index is 13.4. The van der Waals surface area contributed by atoms with Gasteiger partial charge in [0.1, 0.15) is 19.0 Å². The summed E-state index contributed by atoms with van der Waals surface area (Å²) in [7, 11) is 0. The van der Waals surface area contributed by atoms with Crippen LogP contribution in [0.25, 0.3) is 10.8 Å². The smallest absolute Gasteiger partial charge is 0.233 e. The molecule has 0 spiro atoms. The molecule has 0 atom stereocenters. The Hall–Kier alpha value is -3.10. The van der Waals surface area contributed by atoms with E-state index in [1.54, 1.807) is 16.2 Å². The summed E-state index contributed by atoms with van der Waals surface area (Å²) < 4.78 is 17.0. The number of nitrogens with zero attached hydrogens (tertiary/aromatic N) is 2. The number of carbonyl (C=O) groups is 1. The Labute approximate surface area is 187 Å². The second-order valence-electron chi connectivity index (χ2n) is 7.12. The van der Waals surface area contributed by atoms with Crippen molar-refractivity contribution in [1.82, 2.24) is 4.98 Å². The number of hydrogen-bond acceptors (Lipinski definition) is 7. The van der Waals surface area contributed by atoms with Gasteiger partial charge in [-0.3, -0.25) is 4.79 Å². The van der Waals surface area contributed by atoms with Crippen LogP contribution in [-0.4, -0.2) is 24.1 Å². The van der Waals surface area contributed by atoms with Crippen LogP contribution >= 0.6 is 22.7 Å². The van der Waals surface area contributed by atoms with Crippen molar-refractivity contribution < 1.29 is 18.7 Å². The highest BCUT2D eigenvalue weighted by Crippen LogP contribution is 2.35. The van der Waals surface area contributed by atoms with Crippen LogP contribution in [0, 0.1) is 6.92 Å².